The zero-order valence-corrected chi connectivity index (χ0v) is 15.2. The Morgan fingerprint density at radius 2 is 1.85 bits per heavy atom. The molecule has 1 aliphatic rings. The highest BCUT2D eigenvalue weighted by atomic mass is 35.5. The van der Waals surface area contributed by atoms with E-state index in [9.17, 15) is 5.11 Å². The van der Waals surface area contributed by atoms with Gasteiger partial charge in [-0.15, -0.1) is 11.6 Å². The van der Waals surface area contributed by atoms with Gasteiger partial charge in [0, 0.05) is 17.9 Å². The third-order valence-electron chi connectivity index (χ3n) is 4.47. The van der Waals surface area contributed by atoms with Crippen LogP contribution in [0, 0.1) is 5.41 Å². The van der Waals surface area contributed by atoms with Gasteiger partial charge in [-0.05, 0) is 31.0 Å². The number of aliphatic hydroxyl groups is 1. The van der Waals surface area contributed by atoms with E-state index in [4.69, 9.17) is 16.0 Å². The van der Waals surface area contributed by atoms with E-state index in [1.165, 1.54) is 0 Å². The van der Waals surface area contributed by atoms with Crippen LogP contribution in [-0.4, -0.2) is 32.0 Å². The number of hydrogen-bond donors (Lipinski definition) is 1. The number of allylic oxidation sites excluding steroid dienone is 2. The van der Waals surface area contributed by atoms with Crippen molar-refractivity contribution in [1.82, 2.24) is 0 Å². The SMILES string of the molecule is CC(C)(C)[Si](C)(C)OCC1(C[C@@H](O)CCl)C=CCC=C1. The van der Waals surface area contributed by atoms with Gasteiger partial charge in [0.2, 0.25) is 0 Å². The van der Waals surface area contributed by atoms with Gasteiger partial charge in [-0.2, -0.15) is 0 Å². The minimum atomic E-state index is -1.78. The molecule has 0 unspecified atom stereocenters. The molecule has 4 heteroatoms. The van der Waals surface area contributed by atoms with Crippen molar-refractivity contribution in [3.63, 3.8) is 0 Å². The van der Waals surface area contributed by atoms with Crippen LogP contribution in [0.2, 0.25) is 18.1 Å². The largest absolute Gasteiger partial charge is 0.416 e. The van der Waals surface area contributed by atoms with Gasteiger partial charge in [-0.25, -0.2) is 0 Å². The monoisotopic (exact) mass is 316 g/mol. The molecule has 1 N–H and O–H groups in total. The first kappa shape index (κ1) is 18.0. The Bertz CT molecular complexity index is 357. The first-order valence-corrected chi connectivity index (χ1v) is 10.8. The topological polar surface area (TPSA) is 29.5 Å². The molecule has 116 valence electrons. The van der Waals surface area contributed by atoms with E-state index in [1.54, 1.807) is 0 Å². The van der Waals surface area contributed by atoms with Crippen molar-refractivity contribution in [1.29, 1.82) is 0 Å². The molecule has 0 saturated heterocycles. The van der Waals surface area contributed by atoms with Gasteiger partial charge in [-0.3, -0.25) is 0 Å². The van der Waals surface area contributed by atoms with Crippen molar-refractivity contribution < 1.29 is 9.53 Å². The Labute approximate surface area is 130 Å². The lowest BCUT2D eigenvalue weighted by Crippen LogP contribution is -2.44. The van der Waals surface area contributed by atoms with Crippen LogP contribution < -0.4 is 0 Å². The molecule has 1 rings (SSSR count). The lowest BCUT2D eigenvalue weighted by molar-refractivity contribution is 0.119. The maximum absolute atomic E-state index is 9.92. The molecule has 0 amide bonds. The average Bonchev–Trinajstić information content (AvgIpc) is 2.36. The van der Waals surface area contributed by atoms with E-state index < -0.39 is 14.4 Å². The smallest absolute Gasteiger partial charge is 0.192 e. The fourth-order valence-electron chi connectivity index (χ4n) is 2.06. The summed E-state index contributed by atoms with van der Waals surface area (Å²) in [6.45, 7) is 11.9. The Hall–Kier alpha value is -0.0931. The Morgan fingerprint density at radius 1 is 1.30 bits per heavy atom. The number of halogens is 1. The molecule has 0 saturated carbocycles. The Balaban J connectivity index is 2.79. The zero-order chi connectivity index (χ0) is 15.4. The molecule has 1 aliphatic carbocycles. The number of aliphatic hydroxyl groups excluding tert-OH is 1. The van der Waals surface area contributed by atoms with Gasteiger partial charge >= 0.3 is 0 Å². The quantitative estimate of drug-likeness (QED) is 0.444. The van der Waals surface area contributed by atoms with E-state index in [0.29, 0.717) is 13.0 Å². The van der Waals surface area contributed by atoms with Gasteiger partial charge in [-0.1, -0.05) is 45.1 Å². The van der Waals surface area contributed by atoms with Crippen molar-refractivity contribution in [2.75, 3.05) is 12.5 Å². The molecule has 0 aromatic heterocycles. The molecule has 0 aliphatic heterocycles. The van der Waals surface area contributed by atoms with Gasteiger partial charge in [0.25, 0.3) is 0 Å². The van der Waals surface area contributed by atoms with Crippen LogP contribution in [-0.2, 0) is 4.43 Å². The van der Waals surface area contributed by atoms with Crippen molar-refractivity contribution >= 4 is 19.9 Å². The normalized spacial score (nSPS) is 20.1. The summed E-state index contributed by atoms with van der Waals surface area (Å²) in [4.78, 5) is 0. The average molecular weight is 317 g/mol. The molecule has 0 radical (unpaired) electrons. The molecule has 0 aromatic carbocycles. The van der Waals surface area contributed by atoms with E-state index >= 15 is 0 Å². The third-order valence-corrected chi connectivity index (χ3v) is 9.31. The predicted octanol–water partition coefficient (Wildman–Crippen LogP) is 4.50. The molecular formula is C16H29ClO2Si. The summed E-state index contributed by atoms with van der Waals surface area (Å²) in [5.74, 6) is 0.267. The number of rotatable bonds is 6. The van der Waals surface area contributed by atoms with Crippen molar-refractivity contribution in [2.24, 2.45) is 5.41 Å². The predicted molar refractivity (Wildman–Crippen MR) is 89.8 cm³/mol. The van der Waals surface area contributed by atoms with Crippen molar-refractivity contribution in [2.45, 2.75) is 57.8 Å². The van der Waals surface area contributed by atoms with Crippen LogP contribution in [0.3, 0.4) is 0 Å². The van der Waals surface area contributed by atoms with Crippen LogP contribution in [0.1, 0.15) is 33.6 Å². The first-order chi connectivity index (χ1) is 9.12. The fourth-order valence-corrected chi connectivity index (χ4v) is 3.23. The Kier molecular flexibility index (Phi) is 6.09. The molecule has 20 heavy (non-hydrogen) atoms. The van der Waals surface area contributed by atoms with Crippen molar-refractivity contribution in [3.05, 3.63) is 24.3 Å². The summed E-state index contributed by atoms with van der Waals surface area (Å²) in [6.07, 6.45) is 9.74. The summed E-state index contributed by atoms with van der Waals surface area (Å²) in [5, 5.41) is 10.1. The van der Waals surface area contributed by atoms with Gasteiger partial charge < -0.3 is 9.53 Å². The second-order valence-corrected chi connectivity index (χ2v) is 12.5. The number of alkyl halides is 1. The maximum Gasteiger partial charge on any atom is 0.192 e. The minimum Gasteiger partial charge on any atom is -0.416 e. The maximum atomic E-state index is 9.92. The van der Waals surface area contributed by atoms with Gasteiger partial charge in [0.1, 0.15) is 0 Å². The second kappa shape index (κ2) is 6.78. The summed E-state index contributed by atoms with van der Waals surface area (Å²) in [5.41, 5.74) is -0.206. The van der Waals surface area contributed by atoms with Crippen LogP contribution >= 0.6 is 11.6 Å². The zero-order valence-electron chi connectivity index (χ0n) is 13.4. The van der Waals surface area contributed by atoms with E-state index in [1.807, 2.05) is 0 Å². The lowest BCUT2D eigenvalue weighted by Gasteiger charge is -2.40. The summed E-state index contributed by atoms with van der Waals surface area (Å²) >= 11 is 5.77. The molecule has 0 fully saturated rings. The van der Waals surface area contributed by atoms with E-state index in [0.717, 1.165) is 6.42 Å². The molecule has 0 aromatic rings. The lowest BCUT2D eigenvalue weighted by atomic mass is 9.80. The molecule has 0 heterocycles. The molecule has 1 atom stereocenters. The molecule has 0 bridgehead atoms. The highest BCUT2D eigenvalue weighted by Crippen LogP contribution is 2.39. The molecule has 0 spiro atoms. The van der Waals surface area contributed by atoms with Crippen LogP contribution in [0.5, 0.6) is 0 Å². The molecular weight excluding hydrogens is 288 g/mol. The molecule has 2 nitrogen and oxygen atoms in total. The van der Waals surface area contributed by atoms with Crippen molar-refractivity contribution in [3.8, 4) is 0 Å². The highest BCUT2D eigenvalue weighted by molar-refractivity contribution is 6.74. The first-order valence-electron chi connectivity index (χ1n) is 7.35. The standard InChI is InChI=1S/C16H29ClO2Si/c1-15(2,3)20(4,5)19-13-16(11-14(18)12-17)9-7-6-8-10-16/h7-10,14,18H,6,11-13H2,1-5H3/t14-/m1/s1. The van der Waals surface area contributed by atoms with Gasteiger partial charge in [0.05, 0.1) is 6.10 Å². The third kappa shape index (κ3) is 4.73. The second-order valence-electron chi connectivity index (χ2n) is 7.33. The summed E-state index contributed by atoms with van der Waals surface area (Å²) < 4.78 is 6.36. The van der Waals surface area contributed by atoms with Crippen LogP contribution in [0.15, 0.2) is 24.3 Å². The summed E-state index contributed by atoms with van der Waals surface area (Å²) in [7, 11) is -1.78. The van der Waals surface area contributed by atoms with E-state index in [-0.39, 0.29) is 16.3 Å². The van der Waals surface area contributed by atoms with Crippen LogP contribution in [0.4, 0.5) is 0 Å². The van der Waals surface area contributed by atoms with Crippen LogP contribution in [0.25, 0.3) is 0 Å². The Morgan fingerprint density at radius 3 is 2.30 bits per heavy atom. The summed E-state index contributed by atoms with van der Waals surface area (Å²) in [6, 6.07) is 0. The van der Waals surface area contributed by atoms with E-state index in [2.05, 4.69) is 58.2 Å². The fraction of sp³-hybridized carbons (Fsp3) is 0.750. The van der Waals surface area contributed by atoms with Gasteiger partial charge in [0.15, 0.2) is 8.32 Å². The minimum absolute atomic E-state index is 0.196. The highest BCUT2D eigenvalue weighted by Gasteiger charge is 2.39. The number of hydrogen-bond acceptors (Lipinski definition) is 2.